The van der Waals surface area contributed by atoms with Crippen molar-refractivity contribution < 1.29 is 14.3 Å². The Balaban J connectivity index is 1.85. The van der Waals surface area contributed by atoms with Gasteiger partial charge in [0.05, 0.1) is 6.10 Å². The lowest BCUT2D eigenvalue weighted by molar-refractivity contribution is -0.118. The van der Waals surface area contributed by atoms with Crippen molar-refractivity contribution in [1.82, 2.24) is 5.32 Å². The van der Waals surface area contributed by atoms with Gasteiger partial charge < -0.3 is 10.4 Å². The second kappa shape index (κ2) is 5.10. The number of carbonyl (C=O) groups excluding carboxylic acids is 1. The van der Waals surface area contributed by atoms with E-state index in [2.05, 4.69) is 5.32 Å². The fraction of sp³-hybridized carbons (Fsp3) is 0.308. The van der Waals surface area contributed by atoms with Crippen LogP contribution in [-0.2, 0) is 4.79 Å². The molecule has 0 heterocycles. The summed E-state index contributed by atoms with van der Waals surface area (Å²) in [4.78, 5) is 11.4. The van der Waals surface area contributed by atoms with E-state index >= 15 is 0 Å². The summed E-state index contributed by atoms with van der Waals surface area (Å²) in [5, 5.41) is 11.8. The number of carbonyl (C=O) groups is 1. The summed E-state index contributed by atoms with van der Waals surface area (Å²) < 4.78 is 12.8. The molecule has 2 N–H and O–H groups in total. The monoisotopic (exact) mass is 235 g/mol. The summed E-state index contributed by atoms with van der Waals surface area (Å²) in [7, 11) is 0. The average molecular weight is 235 g/mol. The van der Waals surface area contributed by atoms with Gasteiger partial charge in [0.25, 0.3) is 0 Å². The molecule has 1 saturated carbocycles. The molecule has 0 aliphatic heterocycles. The molecule has 4 heteroatoms. The fourth-order valence-electron chi connectivity index (χ4n) is 1.74. The van der Waals surface area contributed by atoms with Crippen LogP contribution in [0, 0.1) is 5.82 Å². The van der Waals surface area contributed by atoms with E-state index in [0.29, 0.717) is 18.4 Å². The first-order valence-electron chi connectivity index (χ1n) is 5.56. The van der Waals surface area contributed by atoms with Crippen molar-refractivity contribution in [2.24, 2.45) is 0 Å². The lowest BCUT2D eigenvalue weighted by atomic mass is 9.89. The van der Waals surface area contributed by atoms with E-state index in [1.165, 1.54) is 18.2 Å². The van der Waals surface area contributed by atoms with Crippen molar-refractivity contribution in [1.29, 1.82) is 0 Å². The van der Waals surface area contributed by atoms with E-state index in [1.54, 1.807) is 18.2 Å². The van der Waals surface area contributed by atoms with Gasteiger partial charge in [-0.3, -0.25) is 4.79 Å². The molecule has 1 aliphatic rings. The highest BCUT2D eigenvalue weighted by Crippen LogP contribution is 2.19. The van der Waals surface area contributed by atoms with Gasteiger partial charge in [-0.2, -0.15) is 0 Å². The predicted octanol–water partition coefficient (Wildman–Crippen LogP) is 1.48. The minimum Gasteiger partial charge on any atom is -0.393 e. The van der Waals surface area contributed by atoms with Crippen molar-refractivity contribution in [3.8, 4) is 0 Å². The molecule has 1 aromatic rings. The third-order valence-corrected chi connectivity index (χ3v) is 2.74. The molecule has 90 valence electrons. The molecular weight excluding hydrogens is 221 g/mol. The largest absolute Gasteiger partial charge is 0.393 e. The lowest BCUT2D eigenvalue weighted by Crippen LogP contribution is -2.46. The summed E-state index contributed by atoms with van der Waals surface area (Å²) in [6.45, 7) is 0. The molecule has 0 saturated heterocycles. The van der Waals surface area contributed by atoms with Gasteiger partial charge in [-0.15, -0.1) is 0 Å². The van der Waals surface area contributed by atoms with Crippen molar-refractivity contribution >= 4 is 12.0 Å². The minimum atomic E-state index is -0.324. The highest BCUT2D eigenvalue weighted by Gasteiger charge is 2.27. The van der Waals surface area contributed by atoms with Crippen LogP contribution in [0.3, 0.4) is 0 Å². The fourth-order valence-corrected chi connectivity index (χ4v) is 1.74. The number of nitrogens with one attached hydrogen (secondary N) is 1. The first kappa shape index (κ1) is 11.8. The Morgan fingerprint density at radius 2 is 2.24 bits per heavy atom. The highest BCUT2D eigenvalue weighted by molar-refractivity contribution is 5.91. The number of benzene rings is 1. The van der Waals surface area contributed by atoms with E-state index in [0.717, 1.165) is 0 Å². The number of halogens is 1. The number of aliphatic hydroxyl groups is 1. The normalized spacial score (nSPS) is 23.4. The first-order valence-corrected chi connectivity index (χ1v) is 5.56. The molecular formula is C13H14FNO2. The Bertz CT molecular complexity index is 439. The summed E-state index contributed by atoms with van der Waals surface area (Å²) in [6, 6.07) is 6.09. The summed E-state index contributed by atoms with van der Waals surface area (Å²) in [6.07, 6.45) is 3.87. The first-order chi connectivity index (χ1) is 8.13. The summed E-state index contributed by atoms with van der Waals surface area (Å²) in [5.74, 6) is -0.541. The number of aliphatic hydroxyl groups excluding tert-OH is 1. The molecule has 2 rings (SSSR count). The highest BCUT2D eigenvalue weighted by atomic mass is 19.1. The second-order valence-electron chi connectivity index (χ2n) is 4.22. The third-order valence-electron chi connectivity index (χ3n) is 2.74. The van der Waals surface area contributed by atoms with Crippen molar-refractivity contribution in [3.63, 3.8) is 0 Å². The third kappa shape index (κ3) is 3.39. The maximum Gasteiger partial charge on any atom is 0.244 e. The minimum absolute atomic E-state index is 0.0645. The van der Waals surface area contributed by atoms with Crippen LogP contribution in [0.25, 0.3) is 6.08 Å². The molecule has 0 unspecified atom stereocenters. The predicted molar refractivity (Wildman–Crippen MR) is 62.6 cm³/mol. The van der Waals surface area contributed by atoms with Gasteiger partial charge >= 0.3 is 0 Å². The molecule has 1 fully saturated rings. The zero-order valence-corrected chi connectivity index (χ0v) is 9.27. The van der Waals surface area contributed by atoms with Crippen LogP contribution in [0.4, 0.5) is 4.39 Å². The van der Waals surface area contributed by atoms with Crippen LogP contribution < -0.4 is 5.32 Å². The number of hydrogen-bond acceptors (Lipinski definition) is 2. The van der Waals surface area contributed by atoms with E-state index in [-0.39, 0.29) is 23.9 Å². The molecule has 0 spiro atoms. The Hall–Kier alpha value is -1.68. The van der Waals surface area contributed by atoms with Gasteiger partial charge in [0.2, 0.25) is 5.91 Å². The number of amides is 1. The van der Waals surface area contributed by atoms with E-state index in [1.807, 2.05) is 0 Å². The Morgan fingerprint density at radius 1 is 1.47 bits per heavy atom. The van der Waals surface area contributed by atoms with Crippen LogP contribution >= 0.6 is 0 Å². The number of rotatable bonds is 3. The summed E-state index contributed by atoms with van der Waals surface area (Å²) >= 11 is 0. The van der Waals surface area contributed by atoms with Gasteiger partial charge in [-0.05, 0) is 36.6 Å². The summed E-state index contributed by atoms with van der Waals surface area (Å²) in [5.41, 5.74) is 0.647. The molecule has 1 aliphatic carbocycles. The molecule has 0 bridgehead atoms. The van der Waals surface area contributed by atoms with Crippen molar-refractivity contribution in [2.45, 2.75) is 25.0 Å². The topological polar surface area (TPSA) is 49.3 Å². The van der Waals surface area contributed by atoms with Gasteiger partial charge in [0, 0.05) is 12.1 Å². The van der Waals surface area contributed by atoms with Crippen molar-refractivity contribution in [3.05, 3.63) is 41.7 Å². The van der Waals surface area contributed by atoms with E-state index in [9.17, 15) is 9.18 Å². The molecule has 3 nitrogen and oxygen atoms in total. The van der Waals surface area contributed by atoms with Crippen LogP contribution in [0.15, 0.2) is 30.3 Å². The standard InChI is InChI=1S/C13H14FNO2/c14-10-3-1-2-9(6-10)4-5-13(17)15-11-7-12(16)8-11/h1-6,11-12,16H,7-8H2,(H,15,17). The Morgan fingerprint density at radius 3 is 2.88 bits per heavy atom. The molecule has 0 radical (unpaired) electrons. The maximum absolute atomic E-state index is 12.8. The van der Waals surface area contributed by atoms with Gasteiger partial charge in [0.15, 0.2) is 0 Å². The van der Waals surface area contributed by atoms with E-state index < -0.39 is 0 Å². The molecule has 17 heavy (non-hydrogen) atoms. The quantitative estimate of drug-likeness (QED) is 0.780. The average Bonchev–Trinajstić information content (AvgIpc) is 2.24. The molecule has 0 aromatic heterocycles. The van der Waals surface area contributed by atoms with Crippen LogP contribution in [-0.4, -0.2) is 23.2 Å². The molecule has 1 amide bonds. The van der Waals surface area contributed by atoms with Crippen LogP contribution in [0.5, 0.6) is 0 Å². The molecule has 0 atom stereocenters. The van der Waals surface area contributed by atoms with Gasteiger partial charge in [-0.25, -0.2) is 4.39 Å². The SMILES string of the molecule is O=C(C=Cc1cccc(F)c1)NC1CC(O)C1. The van der Waals surface area contributed by atoms with Crippen molar-refractivity contribution in [2.75, 3.05) is 0 Å². The Kier molecular flexibility index (Phi) is 3.54. The maximum atomic E-state index is 12.8. The number of hydrogen-bond donors (Lipinski definition) is 2. The van der Waals surface area contributed by atoms with Crippen LogP contribution in [0.1, 0.15) is 18.4 Å². The molecule has 1 aromatic carbocycles. The van der Waals surface area contributed by atoms with E-state index in [4.69, 9.17) is 5.11 Å². The zero-order valence-electron chi connectivity index (χ0n) is 9.27. The second-order valence-corrected chi connectivity index (χ2v) is 4.22. The Labute approximate surface area is 99.0 Å². The smallest absolute Gasteiger partial charge is 0.244 e. The zero-order chi connectivity index (χ0) is 12.3. The lowest BCUT2D eigenvalue weighted by Gasteiger charge is -2.31. The van der Waals surface area contributed by atoms with Gasteiger partial charge in [-0.1, -0.05) is 12.1 Å². The van der Waals surface area contributed by atoms with Crippen LogP contribution in [0.2, 0.25) is 0 Å². The van der Waals surface area contributed by atoms with Gasteiger partial charge in [0.1, 0.15) is 5.82 Å².